The Bertz CT molecular complexity index is 481. The Morgan fingerprint density at radius 3 is 2.86 bits per heavy atom. The second-order valence-corrected chi connectivity index (χ2v) is 7.37. The highest BCUT2D eigenvalue weighted by molar-refractivity contribution is 5.29. The van der Waals surface area contributed by atoms with Crippen molar-refractivity contribution in [3.8, 4) is 0 Å². The van der Waals surface area contributed by atoms with Crippen LogP contribution in [0.15, 0.2) is 4.42 Å². The first-order valence-corrected chi connectivity index (χ1v) is 8.00. The van der Waals surface area contributed by atoms with Crippen molar-refractivity contribution in [3.63, 3.8) is 0 Å². The second-order valence-electron chi connectivity index (χ2n) is 7.37. The average molecular weight is 293 g/mol. The molecule has 118 valence electrons. The third kappa shape index (κ3) is 3.37. The first-order valence-electron chi connectivity index (χ1n) is 8.00. The van der Waals surface area contributed by atoms with E-state index in [9.17, 15) is 0 Å². The van der Waals surface area contributed by atoms with Crippen molar-refractivity contribution in [3.05, 3.63) is 5.89 Å². The van der Waals surface area contributed by atoms with Gasteiger partial charge in [-0.1, -0.05) is 5.10 Å². The van der Waals surface area contributed by atoms with Gasteiger partial charge in [0, 0.05) is 30.7 Å². The lowest BCUT2D eigenvalue weighted by atomic mass is 10.1. The van der Waals surface area contributed by atoms with E-state index in [2.05, 4.69) is 53.0 Å². The predicted octanol–water partition coefficient (Wildman–Crippen LogP) is 1.63. The zero-order chi connectivity index (χ0) is 15.0. The quantitative estimate of drug-likeness (QED) is 0.914. The summed E-state index contributed by atoms with van der Waals surface area (Å²) in [5.74, 6) is 0.668. The average Bonchev–Trinajstić information content (AvgIpc) is 3.02. The molecule has 0 radical (unpaired) electrons. The summed E-state index contributed by atoms with van der Waals surface area (Å²) in [6.07, 6.45) is 2.60. The molecule has 1 aromatic heterocycles. The Morgan fingerprint density at radius 1 is 1.29 bits per heavy atom. The lowest BCUT2D eigenvalue weighted by molar-refractivity contribution is 0.197. The summed E-state index contributed by atoms with van der Waals surface area (Å²) in [6.45, 7) is 12.6. The minimum Gasteiger partial charge on any atom is -0.407 e. The third-order valence-electron chi connectivity index (χ3n) is 4.41. The van der Waals surface area contributed by atoms with E-state index < -0.39 is 0 Å². The van der Waals surface area contributed by atoms with E-state index in [4.69, 9.17) is 4.42 Å². The summed E-state index contributed by atoms with van der Waals surface area (Å²) in [7, 11) is 0. The van der Waals surface area contributed by atoms with Gasteiger partial charge in [-0.05, 0) is 47.1 Å². The van der Waals surface area contributed by atoms with E-state index in [0.717, 1.165) is 13.1 Å². The molecule has 2 unspecified atom stereocenters. The fourth-order valence-corrected chi connectivity index (χ4v) is 3.23. The van der Waals surface area contributed by atoms with Crippen molar-refractivity contribution < 1.29 is 4.42 Å². The van der Waals surface area contributed by atoms with E-state index in [1.807, 2.05) is 0 Å². The normalized spacial score (nSPS) is 27.1. The molecule has 1 aromatic rings. The van der Waals surface area contributed by atoms with Crippen LogP contribution in [0.25, 0.3) is 0 Å². The summed E-state index contributed by atoms with van der Waals surface area (Å²) in [5.41, 5.74) is 0.0530. The van der Waals surface area contributed by atoms with Gasteiger partial charge < -0.3 is 14.6 Å². The standard InChI is InChI=1S/C15H27N5O/c1-11-9-19-7-5-6-12(19)10-20(11)14-18-17-13(21-14)8-16-15(2,3)4/h11-12,16H,5-10H2,1-4H3. The van der Waals surface area contributed by atoms with Crippen LogP contribution < -0.4 is 10.2 Å². The van der Waals surface area contributed by atoms with E-state index in [1.54, 1.807) is 0 Å². The molecule has 2 fully saturated rings. The van der Waals surface area contributed by atoms with Crippen molar-refractivity contribution in [1.29, 1.82) is 0 Å². The second kappa shape index (κ2) is 5.57. The Balaban J connectivity index is 1.65. The van der Waals surface area contributed by atoms with Gasteiger partial charge in [0.15, 0.2) is 0 Å². The molecule has 3 rings (SSSR count). The highest BCUT2D eigenvalue weighted by Crippen LogP contribution is 2.27. The number of hydrogen-bond acceptors (Lipinski definition) is 6. The van der Waals surface area contributed by atoms with Crippen molar-refractivity contribution in [2.24, 2.45) is 0 Å². The number of nitrogens with one attached hydrogen (secondary N) is 1. The molecule has 2 aliphatic rings. The largest absolute Gasteiger partial charge is 0.407 e. The number of rotatable bonds is 3. The molecule has 0 spiro atoms. The van der Waals surface area contributed by atoms with Crippen LogP contribution in [0.5, 0.6) is 0 Å². The highest BCUT2D eigenvalue weighted by Gasteiger charge is 2.36. The number of aromatic nitrogens is 2. The molecule has 2 aliphatic heterocycles. The number of fused-ring (bicyclic) bond motifs is 1. The highest BCUT2D eigenvalue weighted by atomic mass is 16.4. The molecular weight excluding hydrogens is 266 g/mol. The molecule has 0 aromatic carbocycles. The van der Waals surface area contributed by atoms with Crippen LogP contribution >= 0.6 is 0 Å². The zero-order valence-electron chi connectivity index (χ0n) is 13.6. The molecule has 6 nitrogen and oxygen atoms in total. The van der Waals surface area contributed by atoms with Crippen molar-refractivity contribution in [1.82, 2.24) is 20.4 Å². The topological polar surface area (TPSA) is 57.4 Å². The van der Waals surface area contributed by atoms with Crippen molar-refractivity contribution in [2.75, 3.05) is 24.5 Å². The molecule has 0 saturated carbocycles. The number of piperazine rings is 1. The molecule has 1 N–H and O–H groups in total. The molecule has 2 atom stereocenters. The van der Waals surface area contributed by atoms with Gasteiger partial charge in [0.2, 0.25) is 5.89 Å². The fourth-order valence-electron chi connectivity index (χ4n) is 3.23. The van der Waals surface area contributed by atoms with Gasteiger partial charge in [-0.25, -0.2) is 0 Å². The van der Waals surface area contributed by atoms with Gasteiger partial charge in [-0.3, -0.25) is 4.90 Å². The molecular formula is C15H27N5O. The summed E-state index contributed by atoms with van der Waals surface area (Å²) >= 11 is 0. The molecule has 3 heterocycles. The number of anilines is 1. The van der Waals surface area contributed by atoms with Crippen LogP contribution in [0.3, 0.4) is 0 Å². The first-order chi connectivity index (χ1) is 9.92. The van der Waals surface area contributed by atoms with Crippen LogP contribution in [0.2, 0.25) is 0 Å². The molecule has 21 heavy (non-hydrogen) atoms. The SMILES string of the molecule is CC1CN2CCCC2CN1c1nnc(CNC(C)(C)C)o1. The Labute approximate surface area is 126 Å². The smallest absolute Gasteiger partial charge is 0.318 e. The van der Waals surface area contributed by atoms with Gasteiger partial charge >= 0.3 is 6.01 Å². The monoisotopic (exact) mass is 293 g/mol. The number of hydrogen-bond donors (Lipinski definition) is 1. The molecule has 2 saturated heterocycles. The maximum absolute atomic E-state index is 5.86. The first kappa shape index (κ1) is 14.8. The summed E-state index contributed by atoms with van der Waals surface area (Å²) < 4.78 is 5.86. The van der Waals surface area contributed by atoms with Crippen LogP contribution in [0.1, 0.15) is 46.4 Å². The van der Waals surface area contributed by atoms with Gasteiger partial charge in [0.1, 0.15) is 0 Å². The Kier molecular flexibility index (Phi) is 3.92. The maximum atomic E-state index is 5.86. The third-order valence-corrected chi connectivity index (χ3v) is 4.41. The van der Waals surface area contributed by atoms with Gasteiger partial charge in [0.25, 0.3) is 0 Å². The van der Waals surface area contributed by atoms with E-state index >= 15 is 0 Å². The van der Waals surface area contributed by atoms with Gasteiger partial charge in [0.05, 0.1) is 6.54 Å². The van der Waals surface area contributed by atoms with Crippen molar-refractivity contribution in [2.45, 2.75) is 64.7 Å². The van der Waals surface area contributed by atoms with E-state index in [0.29, 0.717) is 30.5 Å². The van der Waals surface area contributed by atoms with Crippen molar-refractivity contribution >= 4 is 6.01 Å². The molecule has 0 bridgehead atoms. The maximum Gasteiger partial charge on any atom is 0.318 e. The summed E-state index contributed by atoms with van der Waals surface area (Å²) in [5, 5.41) is 11.8. The fraction of sp³-hybridized carbons (Fsp3) is 0.867. The van der Waals surface area contributed by atoms with Crippen LogP contribution in [-0.4, -0.2) is 52.4 Å². The summed E-state index contributed by atoms with van der Waals surface area (Å²) in [4.78, 5) is 4.87. The Hall–Kier alpha value is -1.14. The van der Waals surface area contributed by atoms with E-state index in [1.165, 1.54) is 19.4 Å². The summed E-state index contributed by atoms with van der Waals surface area (Å²) in [6, 6.07) is 1.77. The van der Waals surface area contributed by atoms with Crippen LogP contribution in [0, 0.1) is 0 Å². The van der Waals surface area contributed by atoms with Gasteiger partial charge in [-0.15, -0.1) is 5.10 Å². The minimum atomic E-state index is 0.0530. The zero-order valence-corrected chi connectivity index (χ0v) is 13.6. The van der Waals surface area contributed by atoms with Crippen LogP contribution in [-0.2, 0) is 6.54 Å². The molecule has 0 aliphatic carbocycles. The molecule has 6 heteroatoms. The van der Waals surface area contributed by atoms with Crippen LogP contribution in [0.4, 0.5) is 6.01 Å². The lowest BCUT2D eigenvalue weighted by Crippen LogP contribution is -2.55. The lowest BCUT2D eigenvalue weighted by Gasteiger charge is -2.41. The Morgan fingerprint density at radius 2 is 2.10 bits per heavy atom. The predicted molar refractivity (Wildman–Crippen MR) is 82.3 cm³/mol. The number of nitrogens with zero attached hydrogens (tertiary/aromatic N) is 4. The minimum absolute atomic E-state index is 0.0530. The van der Waals surface area contributed by atoms with E-state index in [-0.39, 0.29) is 5.54 Å². The van der Waals surface area contributed by atoms with Gasteiger partial charge in [-0.2, -0.15) is 0 Å². The molecule has 0 amide bonds.